The van der Waals surface area contributed by atoms with E-state index < -0.39 is 5.54 Å². The van der Waals surface area contributed by atoms with Gasteiger partial charge in [-0.25, -0.2) is 4.39 Å². The number of fused-ring (bicyclic) bond motifs is 2. The molecule has 2 aliphatic rings. The van der Waals surface area contributed by atoms with Crippen molar-refractivity contribution in [3.8, 4) is 17.2 Å². The Morgan fingerprint density at radius 1 is 1.11 bits per heavy atom. The summed E-state index contributed by atoms with van der Waals surface area (Å²) in [4.78, 5) is 32.0. The maximum Gasteiger partial charge on any atom is 0.254 e. The van der Waals surface area contributed by atoms with Crippen LogP contribution in [0.5, 0.6) is 17.2 Å². The van der Waals surface area contributed by atoms with Crippen molar-refractivity contribution in [2.45, 2.75) is 38.8 Å². The maximum atomic E-state index is 13.8. The van der Waals surface area contributed by atoms with Gasteiger partial charge in [-0.05, 0) is 86.7 Å². The lowest BCUT2D eigenvalue weighted by Gasteiger charge is -2.40. The quantitative estimate of drug-likeness (QED) is 0.451. The first kappa shape index (κ1) is 25.1. The van der Waals surface area contributed by atoms with Crippen LogP contribution in [-0.2, 0) is 11.2 Å². The molecule has 0 fully saturated rings. The van der Waals surface area contributed by atoms with Crippen LogP contribution in [0, 0.1) is 5.82 Å². The summed E-state index contributed by atoms with van der Waals surface area (Å²) in [6, 6.07) is 12.6. The van der Waals surface area contributed by atoms with Crippen molar-refractivity contribution in [1.82, 2.24) is 9.80 Å². The lowest BCUT2D eigenvalue weighted by atomic mass is 9.99. The lowest BCUT2D eigenvalue weighted by Crippen LogP contribution is -2.53. The first-order valence-corrected chi connectivity index (χ1v) is 13.0. The predicted octanol–water partition coefficient (Wildman–Crippen LogP) is 5.06. The molecule has 194 valence electrons. The van der Waals surface area contributed by atoms with Crippen LogP contribution in [-0.4, -0.2) is 53.6 Å². The second kappa shape index (κ2) is 10.0. The van der Waals surface area contributed by atoms with Gasteiger partial charge in [-0.1, -0.05) is 0 Å². The Bertz CT molecular complexity index is 1300. The fourth-order valence-corrected chi connectivity index (χ4v) is 5.53. The third-order valence-electron chi connectivity index (χ3n) is 6.60. The fraction of sp³-hybridized carbons (Fsp3) is 0.357. The van der Waals surface area contributed by atoms with E-state index in [9.17, 15) is 14.0 Å². The zero-order valence-electron chi connectivity index (χ0n) is 21.0. The molecule has 0 radical (unpaired) electrons. The topological polar surface area (TPSA) is 68.3 Å². The van der Waals surface area contributed by atoms with E-state index in [0.717, 1.165) is 12.0 Å². The molecule has 0 unspecified atom stereocenters. The molecule has 7 nitrogen and oxygen atoms in total. The molecular weight excluding hydrogens is 495 g/mol. The predicted molar refractivity (Wildman–Crippen MR) is 138 cm³/mol. The summed E-state index contributed by atoms with van der Waals surface area (Å²) in [6.07, 6.45) is 0.747. The number of rotatable bonds is 6. The van der Waals surface area contributed by atoms with Crippen LogP contribution in [0.3, 0.4) is 0 Å². The third kappa shape index (κ3) is 5.27. The van der Waals surface area contributed by atoms with Crippen molar-refractivity contribution < 1.29 is 28.2 Å². The van der Waals surface area contributed by atoms with Gasteiger partial charge >= 0.3 is 0 Å². The highest BCUT2D eigenvalue weighted by Crippen LogP contribution is 2.35. The average molecular weight is 525 g/mol. The van der Waals surface area contributed by atoms with Crippen LogP contribution < -0.4 is 14.2 Å². The van der Waals surface area contributed by atoms with Crippen molar-refractivity contribution in [1.29, 1.82) is 0 Å². The lowest BCUT2D eigenvalue weighted by molar-refractivity contribution is -0.136. The van der Waals surface area contributed by atoms with Gasteiger partial charge in [-0.15, -0.1) is 11.3 Å². The van der Waals surface area contributed by atoms with Crippen molar-refractivity contribution >= 4 is 23.2 Å². The molecule has 1 atom stereocenters. The molecule has 0 bridgehead atoms. The molecule has 37 heavy (non-hydrogen) atoms. The minimum atomic E-state index is -0.605. The molecule has 0 aliphatic carbocycles. The smallest absolute Gasteiger partial charge is 0.254 e. The summed E-state index contributed by atoms with van der Waals surface area (Å²) in [6.45, 7) is 6.53. The number of hydrogen-bond donors (Lipinski definition) is 0. The highest BCUT2D eigenvalue weighted by molar-refractivity contribution is 7.10. The van der Waals surface area contributed by atoms with E-state index >= 15 is 0 Å². The van der Waals surface area contributed by atoms with Crippen molar-refractivity contribution in [2.24, 2.45) is 0 Å². The normalized spacial score (nSPS) is 16.3. The Hall–Kier alpha value is -3.59. The SMILES string of the molecule is CC(C)(C)N(CC(=O)N1CCc2sccc2[C@@H]1COc1ccc(F)cc1)C(=O)c1ccc2c(c1)OCO2. The molecule has 0 N–H and O–H groups in total. The van der Waals surface area contributed by atoms with Gasteiger partial charge in [0.1, 0.15) is 24.7 Å². The number of nitrogens with zero attached hydrogens (tertiary/aromatic N) is 2. The standard InChI is InChI=1S/C28H29FN2O5S/c1-28(2,3)31(27(33)18-4-9-23-24(14-18)36-17-35-23)15-26(32)30-12-10-25-21(11-13-37-25)22(30)16-34-20-7-5-19(29)6-8-20/h4-9,11,13-14,22H,10,12,15-17H2,1-3H3/t22-/m0/s1. The largest absolute Gasteiger partial charge is 0.491 e. The Balaban J connectivity index is 1.36. The third-order valence-corrected chi connectivity index (χ3v) is 7.60. The summed E-state index contributed by atoms with van der Waals surface area (Å²) in [5, 5.41) is 2.02. The van der Waals surface area contributed by atoms with Crippen LogP contribution in [0.2, 0.25) is 0 Å². The van der Waals surface area contributed by atoms with Crippen LogP contribution in [0.1, 0.15) is 47.6 Å². The maximum absolute atomic E-state index is 13.8. The summed E-state index contributed by atoms with van der Waals surface area (Å²) in [5.41, 5.74) is 0.880. The molecule has 3 heterocycles. The van der Waals surface area contributed by atoms with Gasteiger partial charge < -0.3 is 24.0 Å². The molecule has 2 amide bonds. The molecular formula is C28H29FN2O5S. The van der Waals surface area contributed by atoms with E-state index in [-0.39, 0.29) is 43.6 Å². The number of halogens is 1. The second-order valence-electron chi connectivity index (χ2n) is 10.0. The van der Waals surface area contributed by atoms with Gasteiger partial charge in [0.15, 0.2) is 11.5 Å². The van der Waals surface area contributed by atoms with Crippen LogP contribution >= 0.6 is 11.3 Å². The molecule has 1 aromatic heterocycles. The van der Waals surface area contributed by atoms with Crippen LogP contribution in [0.4, 0.5) is 4.39 Å². The van der Waals surface area contributed by atoms with Crippen molar-refractivity contribution in [3.05, 3.63) is 75.7 Å². The molecule has 0 spiro atoms. The number of thiophene rings is 1. The molecule has 3 aromatic rings. The minimum absolute atomic E-state index is 0.0801. The molecule has 0 saturated carbocycles. The van der Waals surface area contributed by atoms with Gasteiger partial charge in [-0.2, -0.15) is 0 Å². The second-order valence-corrected chi connectivity index (χ2v) is 11.0. The molecule has 5 rings (SSSR count). The Morgan fingerprint density at radius 2 is 1.86 bits per heavy atom. The van der Waals surface area contributed by atoms with E-state index in [0.29, 0.717) is 29.4 Å². The van der Waals surface area contributed by atoms with Crippen LogP contribution in [0.25, 0.3) is 0 Å². The van der Waals surface area contributed by atoms with Gasteiger partial charge in [0, 0.05) is 22.5 Å². The van der Waals surface area contributed by atoms with Gasteiger partial charge in [0.25, 0.3) is 5.91 Å². The Labute approximate surface area is 219 Å². The number of carbonyl (C=O) groups is 2. The van der Waals surface area contributed by atoms with Gasteiger partial charge in [0.05, 0.1) is 6.04 Å². The summed E-state index contributed by atoms with van der Waals surface area (Å²) in [7, 11) is 0. The van der Waals surface area contributed by atoms with Crippen LogP contribution in [0.15, 0.2) is 53.9 Å². The number of ether oxygens (including phenoxy) is 3. The van der Waals surface area contributed by atoms with E-state index in [1.54, 1.807) is 51.5 Å². The van der Waals surface area contributed by atoms with E-state index in [4.69, 9.17) is 14.2 Å². The summed E-state index contributed by atoms with van der Waals surface area (Å²) >= 11 is 1.67. The zero-order chi connectivity index (χ0) is 26.2. The molecule has 9 heteroatoms. The average Bonchev–Trinajstić information content (AvgIpc) is 3.54. The van der Waals surface area contributed by atoms with E-state index in [2.05, 4.69) is 0 Å². The van der Waals surface area contributed by atoms with E-state index in [1.807, 2.05) is 32.2 Å². The van der Waals surface area contributed by atoms with E-state index in [1.165, 1.54) is 17.0 Å². The Morgan fingerprint density at radius 3 is 2.62 bits per heavy atom. The summed E-state index contributed by atoms with van der Waals surface area (Å²) < 4.78 is 30.1. The van der Waals surface area contributed by atoms with Crippen molar-refractivity contribution in [2.75, 3.05) is 26.5 Å². The number of benzene rings is 2. The van der Waals surface area contributed by atoms with Crippen molar-refractivity contribution in [3.63, 3.8) is 0 Å². The number of amides is 2. The minimum Gasteiger partial charge on any atom is -0.491 e. The number of carbonyl (C=O) groups excluding carboxylic acids is 2. The molecule has 0 saturated heterocycles. The monoisotopic (exact) mass is 524 g/mol. The first-order valence-electron chi connectivity index (χ1n) is 12.2. The number of hydrogen-bond acceptors (Lipinski definition) is 6. The Kier molecular flexibility index (Phi) is 6.81. The highest BCUT2D eigenvalue weighted by Gasteiger charge is 2.36. The summed E-state index contributed by atoms with van der Waals surface area (Å²) in [5.74, 6) is 0.894. The zero-order valence-corrected chi connectivity index (χ0v) is 21.8. The highest BCUT2D eigenvalue weighted by atomic mass is 32.1. The molecule has 2 aromatic carbocycles. The van der Waals surface area contributed by atoms with Gasteiger partial charge in [-0.3, -0.25) is 9.59 Å². The first-order chi connectivity index (χ1) is 17.7. The molecule has 2 aliphatic heterocycles. The fourth-order valence-electron chi connectivity index (χ4n) is 4.61. The van der Waals surface area contributed by atoms with Gasteiger partial charge in [0.2, 0.25) is 12.7 Å².